The molecule has 0 aromatic heterocycles. The van der Waals surface area contributed by atoms with Gasteiger partial charge in [0.15, 0.2) is 0 Å². The standard InChI is InChI=1S/C20H23ClN4O2S/c21-20-8-7-19(15-17(20)16-22)28(26,27)23-9-4-10-24-11-13-25(14-12-24)18-5-2-1-3-6-18/h1-3,5-8,15,23H,4,9-14H2. The molecule has 1 aliphatic rings. The summed E-state index contributed by atoms with van der Waals surface area (Å²) < 4.78 is 27.4. The van der Waals surface area contributed by atoms with Gasteiger partial charge in [-0.25, -0.2) is 13.1 Å². The number of rotatable bonds is 7. The van der Waals surface area contributed by atoms with Crippen LogP contribution in [0.3, 0.4) is 0 Å². The molecule has 1 heterocycles. The molecule has 0 saturated carbocycles. The van der Waals surface area contributed by atoms with Crippen LogP contribution in [-0.2, 0) is 10.0 Å². The first-order valence-electron chi connectivity index (χ1n) is 9.21. The van der Waals surface area contributed by atoms with Crippen LogP contribution in [0.5, 0.6) is 0 Å². The van der Waals surface area contributed by atoms with Crippen molar-refractivity contribution in [3.63, 3.8) is 0 Å². The lowest BCUT2D eigenvalue weighted by atomic mass is 10.2. The summed E-state index contributed by atoms with van der Waals surface area (Å²) in [5, 5.41) is 9.25. The highest BCUT2D eigenvalue weighted by atomic mass is 35.5. The lowest BCUT2D eigenvalue weighted by Gasteiger charge is -2.36. The van der Waals surface area contributed by atoms with Crippen LogP contribution in [0.25, 0.3) is 0 Å². The monoisotopic (exact) mass is 418 g/mol. The number of nitriles is 1. The van der Waals surface area contributed by atoms with Gasteiger partial charge in [-0.3, -0.25) is 4.90 Å². The first-order valence-corrected chi connectivity index (χ1v) is 11.1. The summed E-state index contributed by atoms with van der Waals surface area (Å²) in [5.74, 6) is 0. The third kappa shape index (κ3) is 5.24. The number of nitrogens with zero attached hydrogens (tertiary/aromatic N) is 3. The molecule has 8 heteroatoms. The maximum Gasteiger partial charge on any atom is 0.240 e. The zero-order valence-electron chi connectivity index (χ0n) is 15.5. The first-order chi connectivity index (χ1) is 13.5. The highest BCUT2D eigenvalue weighted by Crippen LogP contribution is 2.19. The van der Waals surface area contributed by atoms with E-state index in [0.29, 0.717) is 6.54 Å². The summed E-state index contributed by atoms with van der Waals surface area (Å²) in [4.78, 5) is 4.78. The molecule has 0 aliphatic carbocycles. The maximum atomic E-state index is 12.4. The average Bonchev–Trinajstić information content (AvgIpc) is 2.72. The number of piperazine rings is 1. The minimum atomic E-state index is -3.64. The summed E-state index contributed by atoms with van der Waals surface area (Å²) in [6, 6.07) is 16.4. The van der Waals surface area contributed by atoms with Gasteiger partial charge in [0.25, 0.3) is 0 Å². The molecule has 1 fully saturated rings. The SMILES string of the molecule is N#Cc1cc(S(=O)(=O)NCCCN2CCN(c3ccccc3)CC2)ccc1Cl. The first kappa shape index (κ1) is 20.6. The van der Waals surface area contributed by atoms with Crippen molar-refractivity contribution in [1.82, 2.24) is 9.62 Å². The van der Waals surface area contributed by atoms with Gasteiger partial charge in [-0.1, -0.05) is 29.8 Å². The summed E-state index contributed by atoms with van der Waals surface area (Å²) >= 11 is 5.86. The van der Waals surface area contributed by atoms with Crippen LogP contribution in [-0.4, -0.2) is 52.6 Å². The number of nitrogens with one attached hydrogen (secondary N) is 1. The fourth-order valence-corrected chi connectivity index (χ4v) is 4.48. The predicted molar refractivity (Wildman–Crippen MR) is 111 cm³/mol. The van der Waals surface area contributed by atoms with Crippen LogP contribution in [0.4, 0.5) is 5.69 Å². The summed E-state index contributed by atoms with van der Waals surface area (Å²) in [6.07, 6.45) is 0.725. The molecule has 6 nitrogen and oxygen atoms in total. The Hall–Kier alpha value is -2.11. The number of para-hydroxylation sites is 1. The fraction of sp³-hybridized carbons (Fsp3) is 0.350. The minimum absolute atomic E-state index is 0.0601. The van der Waals surface area contributed by atoms with Crippen LogP contribution in [0.1, 0.15) is 12.0 Å². The molecule has 148 valence electrons. The van der Waals surface area contributed by atoms with E-state index in [4.69, 9.17) is 16.9 Å². The number of halogens is 1. The Balaban J connectivity index is 1.43. The molecule has 2 aromatic rings. The molecule has 1 N–H and O–H groups in total. The van der Waals surface area contributed by atoms with Gasteiger partial charge in [0.05, 0.1) is 15.5 Å². The van der Waals surface area contributed by atoms with E-state index >= 15 is 0 Å². The van der Waals surface area contributed by atoms with E-state index < -0.39 is 10.0 Å². The minimum Gasteiger partial charge on any atom is -0.369 e. The number of sulfonamides is 1. The number of anilines is 1. The van der Waals surface area contributed by atoms with Crippen molar-refractivity contribution < 1.29 is 8.42 Å². The molecule has 28 heavy (non-hydrogen) atoms. The van der Waals surface area contributed by atoms with E-state index in [2.05, 4.69) is 26.7 Å². The Kier molecular flexibility index (Phi) is 6.92. The Bertz CT molecular complexity index is 936. The molecular weight excluding hydrogens is 396 g/mol. The molecule has 0 amide bonds. The van der Waals surface area contributed by atoms with Gasteiger partial charge >= 0.3 is 0 Å². The summed E-state index contributed by atoms with van der Waals surface area (Å²) in [5.41, 5.74) is 1.40. The van der Waals surface area contributed by atoms with E-state index in [0.717, 1.165) is 39.1 Å². The van der Waals surface area contributed by atoms with Crippen LogP contribution in [0.15, 0.2) is 53.4 Å². The van der Waals surface area contributed by atoms with Crippen molar-refractivity contribution in [2.24, 2.45) is 0 Å². The quantitative estimate of drug-likeness (QED) is 0.699. The Morgan fingerprint density at radius 2 is 1.79 bits per heavy atom. The molecule has 1 aliphatic heterocycles. The third-order valence-corrected chi connectivity index (χ3v) is 6.59. The summed E-state index contributed by atoms with van der Waals surface area (Å²) in [7, 11) is -3.64. The van der Waals surface area contributed by atoms with E-state index in [-0.39, 0.29) is 15.5 Å². The smallest absolute Gasteiger partial charge is 0.240 e. The topological polar surface area (TPSA) is 76.4 Å². The van der Waals surface area contributed by atoms with Crippen molar-refractivity contribution >= 4 is 27.3 Å². The number of hydrogen-bond acceptors (Lipinski definition) is 5. The van der Waals surface area contributed by atoms with Crippen LogP contribution >= 0.6 is 11.6 Å². The van der Waals surface area contributed by atoms with Gasteiger partial charge in [-0.2, -0.15) is 5.26 Å². The van der Waals surface area contributed by atoms with Crippen LogP contribution in [0, 0.1) is 11.3 Å². The molecule has 1 saturated heterocycles. The van der Waals surface area contributed by atoms with Crippen molar-refractivity contribution in [3.05, 3.63) is 59.1 Å². The van der Waals surface area contributed by atoms with Crippen molar-refractivity contribution in [1.29, 1.82) is 5.26 Å². The van der Waals surface area contributed by atoms with Crippen LogP contribution < -0.4 is 9.62 Å². The Morgan fingerprint density at radius 1 is 1.07 bits per heavy atom. The molecule has 0 radical (unpaired) electrons. The van der Waals surface area contributed by atoms with E-state index in [1.54, 1.807) is 0 Å². The van der Waals surface area contributed by atoms with Gasteiger partial charge in [-0.05, 0) is 43.3 Å². The third-order valence-electron chi connectivity index (χ3n) is 4.81. The second-order valence-corrected chi connectivity index (χ2v) is 8.84. The van der Waals surface area contributed by atoms with Gasteiger partial charge in [-0.15, -0.1) is 0 Å². The number of benzene rings is 2. The van der Waals surface area contributed by atoms with Crippen molar-refractivity contribution in [2.45, 2.75) is 11.3 Å². The Labute approximate surface area is 171 Å². The average molecular weight is 419 g/mol. The molecule has 2 aromatic carbocycles. The van der Waals surface area contributed by atoms with Crippen molar-refractivity contribution in [3.8, 4) is 6.07 Å². The zero-order chi connectivity index (χ0) is 20.0. The lowest BCUT2D eigenvalue weighted by molar-refractivity contribution is 0.255. The lowest BCUT2D eigenvalue weighted by Crippen LogP contribution is -2.47. The van der Waals surface area contributed by atoms with Gasteiger partial charge < -0.3 is 4.90 Å². The van der Waals surface area contributed by atoms with E-state index in [1.807, 2.05) is 24.3 Å². The highest BCUT2D eigenvalue weighted by Gasteiger charge is 2.18. The van der Waals surface area contributed by atoms with Gasteiger partial charge in [0, 0.05) is 38.4 Å². The molecule has 0 atom stereocenters. The van der Waals surface area contributed by atoms with Crippen molar-refractivity contribution in [2.75, 3.05) is 44.2 Å². The maximum absolute atomic E-state index is 12.4. The molecule has 0 unspecified atom stereocenters. The van der Waals surface area contributed by atoms with Gasteiger partial charge in [0.1, 0.15) is 6.07 Å². The largest absolute Gasteiger partial charge is 0.369 e. The molecule has 0 bridgehead atoms. The molecule has 0 spiro atoms. The summed E-state index contributed by atoms with van der Waals surface area (Å²) in [6.45, 7) is 5.06. The normalized spacial score (nSPS) is 15.4. The van der Waals surface area contributed by atoms with E-state index in [1.165, 1.54) is 23.9 Å². The second kappa shape index (κ2) is 9.39. The molecule has 3 rings (SSSR count). The zero-order valence-corrected chi connectivity index (χ0v) is 17.1. The van der Waals surface area contributed by atoms with E-state index in [9.17, 15) is 8.42 Å². The van der Waals surface area contributed by atoms with Gasteiger partial charge in [0.2, 0.25) is 10.0 Å². The van der Waals surface area contributed by atoms with Crippen LogP contribution in [0.2, 0.25) is 5.02 Å². The molecular formula is C20H23ClN4O2S. The second-order valence-electron chi connectivity index (χ2n) is 6.67. The Morgan fingerprint density at radius 3 is 2.46 bits per heavy atom. The predicted octanol–water partition coefficient (Wildman–Crippen LogP) is 2.70. The highest BCUT2D eigenvalue weighted by molar-refractivity contribution is 7.89. The fourth-order valence-electron chi connectivity index (χ4n) is 3.22. The number of hydrogen-bond donors (Lipinski definition) is 1.